The van der Waals surface area contributed by atoms with Crippen molar-refractivity contribution in [3.63, 3.8) is 0 Å². The number of nitrogens with zero attached hydrogens (tertiary/aromatic N) is 1. The number of nitrogens with one attached hydrogen (secondary N) is 1. The van der Waals surface area contributed by atoms with E-state index < -0.39 is 23.5 Å². The number of likely N-dealkylation sites (tertiary alicyclic amines) is 1. The predicted octanol–water partition coefficient (Wildman–Crippen LogP) is 1.93. The molecule has 5 atom stereocenters. The standard InChI is InChI=1S/C24H38N2O6/c1-2-31-23(30)18-17-12-13-24(32-17)19(18)22(29)26(14-8-3-4-9-15-27)20(24)21(28)25-16-10-6-5-7-11-16/h16-20,27H,2-15H2,1H3,(H,25,28)/t17-,18+,19+,20-,24+/m0/s1. The van der Waals surface area contributed by atoms with E-state index >= 15 is 0 Å². The SMILES string of the molecule is CCOC(=O)[C@@H]1[C@@H]2CC[C@]3(O2)[C@H](C(=O)NC2CCCCC2)N(CCCCCCO)C(=O)[C@@H]13. The molecule has 0 aromatic heterocycles. The fourth-order valence-corrected chi connectivity index (χ4v) is 6.47. The molecule has 4 aliphatic rings. The van der Waals surface area contributed by atoms with E-state index in [2.05, 4.69) is 5.32 Å². The van der Waals surface area contributed by atoms with Gasteiger partial charge in [0, 0.05) is 19.2 Å². The zero-order chi connectivity index (χ0) is 22.7. The van der Waals surface area contributed by atoms with Crippen molar-refractivity contribution in [2.45, 2.75) is 101 Å². The van der Waals surface area contributed by atoms with Gasteiger partial charge in [-0.2, -0.15) is 0 Å². The molecule has 2 bridgehead atoms. The lowest BCUT2D eigenvalue weighted by Gasteiger charge is -2.35. The van der Waals surface area contributed by atoms with E-state index in [1.54, 1.807) is 11.8 Å². The third kappa shape index (κ3) is 4.16. The molecular weight excluding hydrogens is 412 g/mol. The first-order valence-electron chi connectivity index (χ1n) is 12.6. The van der Waals surface area contributed by atoms with Crippen LogP contribution in [0, 0.1) is 11.8 Å². The van der Waals surface area contributed by atoms with Gasteiger partial charge >= 0.3 is 5.97 Å². The van der Waals surface area contributed by atoms with E-state index in [1.165, 1.54) is 6.42 Å². The fourth-order valence-electron chi connectivity index (χ4n) is 6.47. The molecule has 0 radical (unpaired) electrons. The number of amides is 2. The number of hydrogen-bond acceptors (Lipinski definition) is 6. The minimum Gasteiger partial charge on any atom is -0.466 e. The van der Waals surface area contributed by atoms with Crippen LogP contribution in [0.1, 0.15) is 77.6 Å². The van der Waals surface area contributed by atoms with Crippen LogP contribution in [-0.4, -0.2) is 71.3 Å². The molecule has 4 fully saturated rings. The summed E-state index contributed by atoms with van der Waals surface area (Å²) in [5.74, 6) is -1.92. The summed E-state index contributed by atoms with van der Waals surface area (Å²) >= 11 is 0. The van der Waals surface area contributed by atoms with Gasteiger partial charge in [-0.15, -0.1) is 0 Å². The molecule has 8 heteroatoms. The largest absolute Gasteiger partial charge is 0.466 e. The molecule has 1 saturated carbocycles. The Morgan fingerprint density at radius 1 is 1.16 bits per heavy atom. The molecule has 3 aliphatic heterocycles. The molecule has 2 N–H and O–H groups in total. The number of unbranched alkanes of at least 4 members (excludes halogenated alkanes) is 3. The molecule has 32 heavy (non-hydrogen) atoms. The Morgan fingerprint density at radius 3 is 2.62 bits per heavy atom. The molecule has 0 unspecified atom stereocenters. The second kappa shape index (κ2) is 10.1. The summed E-state index contributed by atoms with van der Waals surface area (Å²) < 4.78 is 11.7. The van der Waals surface area contributed by atoms with Crippen molar-refractivity contribution in [2.24, 2.45) is 11.8 Å². The van der Waals surface area contributed by atoms with Crippen LogP contribution in [0.4, 0.5) is 0 Å². The van der Waals surface area contributed by atoms with Gasteiger partial charge in [-0.05, 0) is 45.4 Å². The maximum Gasteiger partial charge on any atom is 0.312 e. The maximum atomic E-state index is 13.6. The molecule has 0 aromatic carbocycles. The summed E-state index contributed by atoms with van der Waals surface area (Å²) in [6, 6.07) is -0.545. The average Bonchev–Trinajstić information content (AvgIpc) is 3.42. The van der Waals surface area contributed by atoms with Crippen LogP contribution in [0.15, 0.2) is 0 Å². The molecule has 4 rings (SSSR count). The monoisotopic (exact) mass is 450 g/mol. The van der Waals surface area contributed by atoms with Gasteiger partial charge < -0.3 is 24.8 Å². The highest BCUT2D eigenvalue weighted by molar-refractivity contribution is 5.98. The summed E-state index contributed by atoms with van der Waals surface area (Å²) in [4.78, 5) is 41.7. The van der Waals surface area contributed by atoms with E-state index in [1.807, 2.05) is 0 Å². The minimum atomic E-state index is -0.928. The van der Waals surface area contributed by atoms with E-state index in [0.717, 1.165) is 51.4 Å². The van der Waals surface area contributed by atoms with Gasteiger partial charge in [0.05, 0.1) is 24.5 Å². The van der Waals surface area contributed by atoms with Gasteiger partial charge in [-0.25, -0.2) is 0 Å². The molecule has 2 amide bonds. The van der Waals surface area contributed by atoms with Crippen molar-refractivity contribution in [3.05, 3.63) is 0 Å². The lowest BCUT2D eigenvalue weighted by molar-refractivity contribution is -0.154. The van der Waals surface area contributed by atoms with E-state index in [4.69, 9.17) is 14.6 Å². The summed E-state index contributed by atoms with van der Waals surface area (Å²) in [6.07, 6.45) is 9.57. The Labute approximate surface area is 190 Å². The normalized spacial score (nSPS) is 34.1. The first-order chi connectivity index (χ1) is 15.5. The molecule has 1 spiro atoms. The molecule has 180 valence electrons. The average molecular weight is 451 g/mol. The Balaban J connectivity index is 1.56. The van der Waals surface area contributed by atoms with E-state index in [9.17, 15) is 14.4 Å². The molecule has 3 heterocycles. The Hall–Kier alpha value is -1.67. The van der Waals surface area contributed by atoms with Crippen LogP contribution < -0.4 is 5.32 Å². The number of ether oxygens (including phenoxy) is 2. The van der Waals surface area contributed by atoms with Gasteiger partial charge in [0.25, 0.3) is 0 Å². The molecular formula is C24H38N2O6. The summed E-state index contributed by atoms with van der Waals surface area (Å²) in [5, 5.41) is 12.2. The second-order valence-corrected chi connectivity index (χ2v) is 9.82. The number of carbonyl (C=O) groups excluding carboxylic acids is 3. The topological polar surface area (TPSA) is 105 Å². The van der Waals surface area contributed by atoms with Gasteiger partial charge in [-0.3, -0.25) is 14.4 Å². The predicted molar refractivity (Wildman–Crippen MR) is 117 cm³/mol. The second-order valence-electron chi connectivity index (χ2n) is 9.82. The van der Waals surface area contributed by atoms with Crippen LogP contribution >= 0.6 is 0 Å². The first-order valence-corrected chi connectivity index (χ1v) is 12.6. The molecule has 8 nitrogen and oxygen atoms in total. The van der Waals surface area contributed by atoms with Crippen molar-refractivity contribution in [2.75, 3.05) is 19.8 Å². The number of esters is 1. The molecule has 0 aromatic rings. The summed E-state index contributed by atoms with van der Waals surface area (Å²) in [5.41, 5.74) is -0.928. The highest BCUT2D eigenvalue weighted by atomic mass is 16.6. The number of aliphatic hydroxyl groups is 1. The quantitative estimate of drug-likeness (QED) is 0.389. The summed E-state index contributed by atoms with van der Waals surface area (Å²) in [7, 11) is 0. The maximum absolute atomic E-state index is 13.6. The van der Waals surface area contributed by atoms with Crippen molar-refractivity contribution in [1.82, 2.24) is 10.2 Å². The highest BCUT2D eigenvalue weighted by Gasteiger charge is 2.74. The zero-order valence-corrected chi connectivity index (χ0v) is 19.2. The van der Waals surface area contributed by atoms with Gasteiger partial charge in [-0.1, -0.05) is 32.1 Å². The van der Waals surface area contributed by atoms with E-state index in [0.29, 0.717) is 19.4 Å². The number of carbonyl (C=O) groups is 3. The van der Waals surface area contributed by atoms with Gasteiger partial charge in [0.15, 0.2) is 0 Å². The first kappa shape index (κ1) is 23.5. The lowest BCUT2D eigenvalue weighted by Crippen LogP contribution is -2.57. The minimum absolute atomic E-state index is 0.131. The lowest BCUT2D eigenvalue weighted by atomic mass is 9.70. The van der Waals surface area contributed by atoms with Gasteiger partial charge in [0.1, 0.15) is 11.6 Å². The number of rotatable bonds is 10. The number of hydrogen-bond donors (Lipinski definition) is 2. The van der Waals surface area contributed by atoms with Crippen LogP contribution in [0.25, 0.3) is 0 Å². The van der Waals surface area contributed by atoms with Crippen molar-refractivity contribution in [1.29, 1.82) is 0 Å². The van der Waals surface area contributed by atoms with Crippen LogP contribution in [0.2, 0.25) is 0 Å². The smallest absolute Gasteiger partial charge is 0.312 e. The third-order valence-corrected chi connectivity index (χ3v) is 7.87. The van der Waals surface area contributed by atoms with Crippen LogP contribution in [-0.2, 0) is 23.9 Å². The number of fused-ring (bicyclic) bond motifs is 1. The van der Waals surface area contributed by atoms with Crippen LogP contribution in [0.3, 0.4) is 0 Å². The molecule has 1 aliphatic carbocycles. The van der Waals surface area contributed by atoms with Crippen molar-refractivity contribution >= 4 is 17.8 Å². The Morgan fingerprint density at radius 2 is 1.91 bits per heavy atom. The van der Waals surface area contributed by atoms with E-state index in [-0.39, 0.29) is 43.1 Å². The van der Waals surface area contributed by atoms with Gasteiger partial charge in [0.2, 0.25) is 11.8 Å². The highest BCUT2D eigenvalue weighted by Crippen LogP contribution is 2.58. The van der Waals surface area contributed by atoms with Crippen molar-refractivity contribution in [3.8, 4) is 0 Å². The molecule has 3 saturated heterocycles. The number of aliphatic hydroxyl groups excluding tert-OH is 1. The fraction of sp³-hybridized carbons (Fsp3) is 0.875. The van der Waals surface area contributed by atoms with Crippen molar-refractivity contribution < 1.29 is 29.0 Å². The van der Waals surface area contributed by atoms with Crippen LogP contribution in [0.5, 0.6) is 0 Å². The zero-order valence-electron chi connectivity index (χ0n) is 19.2. The Bertz CT molecular complexity index is 709. The Kier molecular flexibility index (Phi) is 7.40. The summed E-state index contributed by atoms with van der Waals surface area (Å²) in [6.45, 7) is 2.65. The third-order valence-electron chi connectivity index (χ3n) is 7.87.